The molecular formula is C42H44BNO2. The van der Waals surface area contributed by atoms with Crippen molar-refractivity contribution in [3.8, 4) is 23.0 Å². The normalized spacial score (nSPS) is 13.8. The molecule has 2 heterocycles. The summed E-state index contributed by atoms with van der Waals surface area (Å²) in [6, 6.07) is 37.2. The smallest absolute Gasteiger partial charge is 0.256 e. The van der Waals surface area contributed by atoms with E-state index in [0.29, 0.717) is 0 Å². The van der Waals surface area contributed by atoms with E-state index in [-0.39, 0.29) is 23.0 Å². The van der Waals surface area contributed by atoms with Crippen LogP contribution in [-0.2, 0) is 16.2 Å². The molecule has 0 saturated carbocycles. The molecule has 0 radical (unpaired) electrons. The van der Waals surface area contributed by atoms with E-state index in [1.165, 1.54) is 38.8 Å². The van der Waals surface area contributed by atoms with Crippen LogP contribution in [0.2, 0.25) is 0 Å². The highest BCUT2D eigenvalue weighted by molar-refractivity contribution is 6.99. The van der Waals surface area contributed by atoms with E-state index in [1.54, 1.807) is 0 Å². The van der Waals surface area contributed by atoms with E-state index in [4.69, 9.17) is 9.47 Å². The number of rotatable bonds is 3. The van der Waals surface area contributed by atoms with Crippen LogP contribution in [0.1, 0.15) is 79.0 Å². The van der Waals surface area contributed by atoms with Crippen LogP contribution < -0.4 is 30.8 Å². The summed E-state index contributed by atoms with van der Waals surface area (Å²) in [5.41, 5.74) is 10.9. The third kappa shape index (κ3) is 5.28. The zero-order chi connectivity index (χ0) is 32.6. The second-order valence-electron chi connectivity index (χ2n) is 16.0. The average Bonchev–Trinajstić information content (AvgIpc) is 2.99. The van der Waals surface area contributed by atoms with Crippen LogP contribution in [0.3, 0.4) is 0 Å². The first-order chi connectivity index (χ1) is 21.7. The van der Waals surface area contributed by atoms with E-state index in [9.17, 15) is 0 Å². The molecule has 0 N–H and O–H groups in total. The number of ether oxygens (including phenoxy) is 2. The van der Waals surface area contributed by atoms with Crippen molar-refractivity contribution in [2.75, 3.05) is 4.90 Å². The summed E-state index contributed by atoms with van der Waals surface area (Å²) in [5, 5.41) is 0. The van der Waals surface area contributed by atoms with E-state index in [0.717, 1.165) is 34.4 Å². The van der Waals surface area contributed by atoms with E-state index in [2.05, 4.69) is 140 Å². The second kappa shape index (κ2) is 10.6. The van der Waals surface area contributed by atoms with Crippen molar-refractivity contribution in [3.05, 3.63) is 120 Å². The van der Waals surface area contributed by atoms with Gasteiger partial charge in [-0.1, -0.05) is 117 Å². The summed E-state index contributed by atoms with van der Waals surface area (Å²) >= 11 is 0. The number of anilines is 3. The maximum Gasteiger partial charge on any atom is 0.256 e. The lowest BCUT2D eigenvalue weighted by molar-refractivity contribution is 0.461. The minimum absolute atomic E-state index is 0.00302. The Morgan fingerprint density at radius 3 is 1.83 bits per heavy atom. The van der Waals surface area contributed by atoms with Gasteiger partial charge in [0.25, 0.3) is 6.71 Å². The average molecular weight is 606 g/mol. The number of fused-ring (bicyclic) bond motifs is 4. The number of benzene rings is 5. The molecule has 0 atom stereocenters. The summed E-state index contributed by atoms with van der Waals surface area (Å²) in [6.45, 7) is 20.5. The molecule has 4 heteroatoms. The van der Waals surface area contributed by atoms with Gasteiger partial charge in [0.05, 0.1) is 0 Å². The fraction of sp³-hybridized carbons (Fsp3) is 0.286. The van der Waals surface area contributed by atoms with Crippen molar-refractivity contribution >= 4 is 40.2 Å². The maximum absolute atomic E-state index is 6.89. The molecule has 0 aromatic heterocycles. The zero-order valence-electron chi connectivity index (χ0n) is 28.7. The molecule has 232 valence electrons. The van der Waals surface area contributed by atoms with Gasteiger partial charge in [0.1, 0.15) is 23.0 Å². The van der Waals surface area contributed by atoms with Gasteiger partial charge in [-0.2, -0.15) is 0 Å². The summed E-state index contributed by atoms with van der Waals surface area (Å²) < 4.78 is 13.4. The van der Waals surface area contributed by atoms with Crippen LogP contribution in [0.4, 0.5) is 17.1 Å². The Morgan fingerprint density at radius 2 is 1.15 bits per heavy atom. The Morgan fingerprint density at radius 1 is 0.522 bits per heavy atom. The van der Waals surface area contributed by atoms with Crippen LogP contribution in [0, 0.1) is 0 Å². The molecule has 0 amide bonds. The fourth-order valence-corrected chi connectivity index (χ4v) is 6.72. The molecule has 3 nitrogen and oxygen atoms in total. The number of hydrogen-bond donors (Lipinski definition) is 0. The molecule has 7 rings (SSSR count). The van der Waals surface area contributed by atoms with Crippen LogP contribution in [0.15, 0.2) is 103 Å². The summed E-state index contributed by atoms with van der Waals surface area (Å²) in [7, 11) is 0. The molecule has 0 aliphatic carbocycles. The maximum atomic E-state index is 6.89. The molecule has 5 aromatic carbocycles. The van der Waals surface area contributed by atoms with Gasteiger partial charge >= 0.3 is 0 Å². The quantitative estimate of drug-likeness (QED) is 0.187. The van der Waals surface area contributed by atoms with Crippen LogP contribution in [0.5, 0.6) is 23.0 Å². The number of para-hydroxylation sites is 1. The Bertz CT molecular complexity index is 1960. The van der Waals surface area contributed by atoms with Gasteiger partial charge in [-0.05, 0) is 85.7 Å². The standard InChI is InChI=1S/C42H44BNO2/c1-40(2,3)27-14-13-15-30(22-27)44-35-23-28(41(4,5)6)18-20-33(35)43-34-21-19-29(42(7,8)9)24-37(34)46-38-26-32(25-36(44)39(38)43)45-31-16-11-10-12-17-31/h10-26H,1-9H3. The summed E-state index contributed by atoms with van der Waals surface area (Å²) in [4.78, 5) is 2.44. The van der Waals surface area contributed by atoms with Crippen molar-refractivity contribution in [1.29, 1.82) is 0 Å². The zero-order valence-corrected chi connectivity index (χ0v) is 28.7. The van der Waals surface area contributed by atoms with Gasteiger partial charge in [-0.25, -0.2) is 0 Å². The topological polar surface area (TPSA) is 21.7 Å². The summed E-state index contributed by atoms with van der Waals surface area (Å²) in [5.74, 6) is 3.31. The summed E-state index contributed by atoms with van der Waals surface area (Å²) in [6.07, 6.45) is 0. The highest BCUT2D eigenvalue weighted by Gasteiger charge is 2.43. The molecule has 0 bridgehead atoms. The minimum atomic E-state index is -0.00709. The third-order valence-electron chi connectivity index (χ3n) is 9.43. The molecule has 5 aromatic rings. The first-order valence-corrected chi connectivity index (χ1v) is 16.5. The molecule has 0 unspecified atom stereocenters. The molecule has 0 spiro atoms. The van der Waals surface area contributed by atoms with E-state index < -0.39 is 0 Å². The first-order valence-electron chi connectivity index (χ1n) is 16.5. The monoisotopic (exact) mass is 605 g/mol. The molecule has 0 saturated heterocycles. The van der Waals surface area contributed by atoms with Crippen molar-refractivity contribution in [2.24, 2.45) is 0 Å². The number of hydrogen-bond acceptors (Lipinski definition) is 3. The van der Waals surface area contributed by atoms with Gasteiger partial charge in [-0.3, -0.25) is 0 Å². The van der Waals surface area contributed by atoms with Crippen LogP contribution in [0.25, 0.3) is 0 Å². The molecule has 46 heavy (non-hydrogen) atoms. The minimum Gasteiger partial charge on any atom is -0.458 e. The molecule has 2 aliphatic rings. The van der Waals surface area contributed by atoms with E-state index in [1.807, 2.05) is 30.3 Å². The lowest BCUT2D eigenvalue weighted by Crippen LogP contribution is -2.59. The van der Waals surface area contributed by atoms with Crippen molar-refractivity contribution in [1.82, 2.24) is 0 Å². The van der Waals surface area contributed by atoms with Gasteiger partial charge in [0, 0.05) is 29.2 Å². The van der Waals surface area contributed by atoms with Gasteiger partial charge in [0.2, 0.25) is 0 Å². The predicted octanol–water partition coefficient (Wildman–Crippen LogP) is 9.78. The van der Waals surface area contributed by atoms with Crippen LogP contribution >= 0.6 is 0 Å². The molecule has 0 fully saturated rings. The Balaban J connectivity index is 1.53. The van der Waals surface area contributed by atoms with E-state index >= 15 is 0 Å². The largest absolute Gasteiger partial charge is 0.458 e. The van der Waals surface area contributed by atoms with Crippen molar-refractivity contribution in [2.45, 2.75) is 78.6 Å². The predicted molar refractivity (Wildman–Crippen MR) is 195 cm³/mol. The van der Waals surface area contributed by atoms with Gasteiger partial charge in [0.15, 0.2) is 0 Å². The lowest BCUT2D eigenvalue weighted by Gasteiger charge is -2.41. The SMILES string of the molecule is CC(C)(C)c1cccc(N2c3cc(C(C)(C)C)ccc3B3c4ccc(C(C)(C)C)cc4Oc4cc(Oc5ccccc5)cc2c43)c1. The Hall–Kier alpha value is -4.44. The Labute approximate surface area is 275 Å². The highest BCUT2D eigenvalue weighted by atomic mass is 16.5. The molecular weight excluding hydrogens is 561 g/mol. The van der Waals surface area contributed by atoms with Crippen LogP contribution in [-0.4, -0.2) is 6.71 Å². The molecule has 2 aliphatic heterocycles. The van der Waals surface area contributed by atoms with Crippen molar-refractivity contribution < 1.29 is 9.47 Å². The van der Waals surface area contributed by atoms with Crippen molar-refractivity contribution in [3.63, 3.8) is 0 Å². The van der Waals surface area contributed by atoms with Gasteiger partial charge in [-0.15, -0.1) is 0 Å². The second-order valence-corrected chi connectivity index (χ2v) is 16.0. The fourth-order valence-electron chi connectivity index (χ4n) is 6.72. The highest BCUT2D eigenvalue weighted by Crippen LogP contribution is 2.45. The Kier molecular flexibility index (Phi) is 6.94. The lowest BCUT2D eigenvalue weighted by atomic mass is 9.34. The number of nitrogens with zero attached hydrogens (tertiary/aromatic N) is 1. The van der Waals surface area contributed by atoms with Gasteiger partial charge < -0.3 is 14.4 Å². The third-order valence-corrected chi connectivity index (χ3v) is 9.43. The first kappa shape index (κ1) is 30.2.